The molecule has 2 nitrogen and oxygen atoms in total. The van der Waals surface area contributed by atoms with E-state index in [9.17, 15) is 9.90 Å². The molecule has 0 fully saturated rings. The van der Waals surface area contributed by atoms with E-state index in [0.29, 0.717) is 11.4 Å². The van der Waals surface area contributed by atoms with E-state index in [-0.39, 0.29) is 5.06 Å². The Balaban J connectivity index is 2.82. The molecule has 0 aliphatic carbocycles. The summed E-state index contributed by atoms with van der Waals surface area (Å²) in [5, 5.41) is 10.4. The Morgan fingerprint density at radius 2 is 2.29 bits per heavy atom. The number of carbonyl (C=O) groups is 1. The number of benzene rings is 1. The van der Waals surface area contributed by atoms with Crippen LogP contribution in [0.5, 0.6) is 5.06 Å². The van der Waals surface area contributed by atoms with Crippen LogP contribution < -0.4 is 0 Å². The molecule has 2 aromatic rings. The van der Waals surface area contributed by atoms with Crippen LogP contribution in [0.25, 0.3) is 10.1 Å². The molecule has 0 spiro atoms. The molecule has 1 aromatic carbocycles. The smallest absolute Gasteiger partial charge is 0.172 e. The van der Waals surface area contributed by atoms with Crippen molar-refractivity contribution in [2.24, 2.45) is 0 Å². The standard InChI is InChI=1S/C10H7ClO2S/c11-4-7-2-1-6-3-9(13)14-10(6)8(7)5-12/h1-3,5,13H,4H2. The maximum atomic E-state index is 10.9. The highest BCUT2D eigenvalue weighted by Crippen LogP contribution is 2.34. The fourth-order valence-electron chi connectivity index (χ4n) is 1.40. The van der Waals surface area contributed by atoms with Gasteiger partial charge in [0.2, 0.25) is 0 Å². The summed E-state index contributed by atoms with van der Waals surface area (Å²) in [6.45, 7) is 0. The molecule has 1 N–H and O–H groups in total. The summed E-state index contributed by atoms with van der Waals surface area (Å²) in [6.07, 6.45) is 0.788. The maximum absolute atomic E-state index is 10.9. The average molecular weight is 227 g/mol. The first-order valence-electron chi connectivity index (χ1n) is 4.02. The first-order chi connectivity index (χ1) is 6.76. The highest BCUT2D eigenvalue weighted by Gasteiger charge is 2.09. The zero-order valence-electron chi connectivity index (χ0n) is 7.16. The first kappa shape index (κ1) is 9.49. The molecular formula is C10H7ClO2S. The topological polar surface area (TPSA) is 37.3 Å². The first-order valence-corrected chi connectivity index (χ1v) is 5.37. The van der Waals surface area contributed by atoms with Crippen molar-refractivity contribution in [3.8, 4) is 5.06 Å². The summed E-state index contributed by atoms with van der Waals surface area (Å²) in [5.74, 6) is 0.308. The number of rotatable bonds is 2. The Labute approximate surface area is 89.7 Å². The second kappa shape index (κ2) is 3.59. The van der Waals surface area contributed by atoms with Crippen LogP contribution in [0.1, 0.15) is 15.9 Å². The fraction of sp³-hybridized carbons (Fsp3) is 0.100. The van der Waals surface area contributed by atoms with Crippen LogP contribution in [0.2, 0.25) is 0 Å². The molecule has 0 saturated heterocycles. The second-order valence-corrected chi connectivity index (χ2v) is 4.19. The molecule has 1 aromatic heterocycles. The Kier molecular flexibility index (Phi) is 2.44. The van der Waals surface area contributed by atoms with Gasteiger partial charge in [-0.2, -0.15) is 0 Å². The van der Waals surface area contributed by atoms with E-state index in [1.165, 1.54) is 11.3 Å². The number of aromatic hydroxyl groups is 1. The molecule has 4 heteroatoms. The fourth-order valence-corrected chi connectivity index (χ4v) is 2.56. The summed E-state index contributed by atoms with van der Waals surface area (Å²) >= 11 is 6.90. The molecule has 0 bridgehead atoms. The zero-order chi connectivity index (χ0) is 10.1. The van der Waals surface area contributed by atoms with E-state index in [0.717, 1.165) is 21.9 Å². The Morgan fingerprint density at radius 1 is 1.50 bits per heavy atom. The SMILES string of the molecule is O=Cc1c(CCl)ccc2cc(O)sc12. The largest absolute Gasteiger partial charge is 0.499 e. The lowest BCUT2D eigenvalue weighted by Gasteiger charge is -2.00. The zero-order valence-corrected chi connectivity index (χ0v) is 8.73. The van der Waals surface area contributed by atoms with Crippen molar-refractivity contribution >= 4 is 39.3 Å². The highest BCUT2D eigenvalue weighted by molar-refractivity contribution is 7.21. The molecule has 0 aliphatic rings. The second-order valence-electron chi connectivity index (χ2n) is 2.89. The normalized spacial score (nSPS) is 10.6. The van der Waals surface area contributed by atoms with Crippen LogP contribution in [0.4, 0.5) is 0 Å². The summed E-state index contributed by atoms with van der Waals surface area (Å²) < 4.78 is 0.802. The molecular weight excluding hydrogens is 220 g/mol. The highest BCUT2D eigenvalue weighted by atomic mass is 35.5. The van der Waals surface area contributed by atoms with Gasteiger partial charge in [0.05, 0.1) is 0 Å². The number of thiophene rings is 1. The van der Waals surface area contributed by atoms with Gasteiger partial charge in [0.25, 0.3) is 0 Å². The minimum atomic E-state index is 0.217. The lowest BCUT2D eigenvalue weighted by atomic mass is 10.1. The van der Waals surface area contributed by atoms with Gasteiger partial charge in [-0.1, -0.05) is 23.5 Å². The molecule has 2 rings (SSSR count). The van der Waals surface area contributed by atoms with E-state index in [1.54, 1.807) is 6.07 Å². The number of fused-ring (bicyclic) bond motifs is 1. The van der Waals surface area contributed by atoms with Crippen molar-refractivity contribution in [2.45, 2.75) is 5.88 Å². The number of carbonyl (C=O) groups excluding carboxylic acids is 1. The molecule has 0 unspecified atom stereocenters. The van der Waals surface area contributed by atoms with Crippen molar-refractivity contribution < 1.29 is 9.90 Å². The lowest BCUT2D eigenvalue weighted by Crippen LogP contribution is -1.88. The van der Waals surface area contributed by atoms with Gasteiger partial charge in [-0.15, -0.1) is 11.6 Å². The predicted octanol–water partition coefficient (Wildman–Crippen LogP) is 3.16. The number of halogens is 1. The third-order valence-corrected chi connectivity index (χ3v) is 3.34. The van der Waals surface area contributed by atoms with Gasteiger partial charge in [0, 0.05) is 16.1 Å². The molecule has 0 saturated carbocycles. The Morgan fingerprint density at radius 3 is 2.93 bits per heavy atom. The van der Waals surface area contributed by atoms with Gasteiger partial charge in [0.1, 0.15) is 0 Å². The number of hydrogen-bond acceptors (Lipinski definition) is 3. The third kappa shape index (κ3) is 1.38. The van der Waals surface area contributed by atoms with Crippen molar-refractivity contribution in [1.29, 1.82) is 0 Å². The quantitative estimate of drug-likeness (QED) is 0.631. The van der Waals surface area contributed by atoms with Crippen LogP contribution in [0.15, 0.2) is 18.2 Å². The molecule has 14 heavy (non-hydrogen) atoms. The van der Waals surface area contributed by atoms with Crippen molar-refractivity contribution in [1.82, 2.24) is 0 Å². The van der Waals surface area contributed by atoms with Gasteiger partial charge in [-0.05, 0) is 17.0 Å². The number of aldehydes is 1. The van der Waals surface area contributed by atoms with Crippen LogP contribution in [-0.2, 0) is 5.88 Å². The van der Waals surface area contributed by atoms with Gasteiger partial charge >= 0.3 is 0 Å². The van der Waals surface area contributed by atoms with E-state index < -0.39 is 0 Å². The Hall–Kier alpha value is -1.06. The minimum Gasteiger partial charge on any atom is -0.499 e. The number of hydrogen-bond donors (Lipinski definition) is 1. The van der Waals surface area contributed by atoms with E-state index in [4.69, 9.17) is 11.6 Å². The van der Waals surface area contributed by atoms with E-state index in [2.05, 4.69) is 0 Å². The van der Waals surface area contributed by atoms with Crippen LogP contribution in [-0.4, -0.2) is 11.4 Å². The third-order valence-electron chi connectivity index (χ3n) is 2.06. The molecule has 0 amide bonds. The van der Waals surface area contributed by atoms with Gasteiger partial charge in [-0.3, -0.25) is 4.79 Å². The van der Waals surface area contributed by atoms with Crippen LogP contribution >= 0.6 is 22.9 Å². The monoisotopic (exact) mass is 226 g/mol. The van der Waals surface area contributed by atoms with E-state index in [1.807, 2.05) is 12.1 Å². The summed E-state index contributed by atoms with van der Waals surface area (Å²) in [4.78, 5) is 10.9. The molecule has 0 radical (unpaired) electrons. The minimum absolute atomic E-state index is 0.217. The average Bonchev–Trinajstić information content (AvgIpc) is 2.56. The van der Waals surface area contributed by atoms with E-state index >= 15 is 0 Å². The lowest BCUT2D eigenvalue weighted by molar-refractivity contribution is 0.112. The maximum Gasteiger partial charge on any atom is 0.172 e. The summed E-state index contributed by atoms with van der Waals surface area (Å²) in [7, 11) is 0. The van der Waals surface area contributed by atoms with Crippen LogP contribution in [0.3, 0.4) is 0 Å². The van der Waals surface area contributed by atoms with Gasteiger partial charge in [0.15, 0.2) is 11.3 Å². The molecule has 72 valence electrons. The Bertz CT molecular complexity index is 490. The van der Waals surface area contributed by atoms with Gasteiger partial charge < -0.3 is 5.11 Å². The molecule has 0 aliphatic heterocycles. The van der Waals surface area contributed by atoms with Gasteiger partial charge in [-0.25, -0.2) is 0 Å². The van der Waals surface area contributed by atoms with Crippen molar-refractivity contribution in [3.05, 3.63) is 29.3 Å². The van der Waals surface area contributed by atoms with Crippen molar-refractivity contribution in [3.63, 3.8) is 0 Å². The summed E-state index contributed by atoms with van der Waals surface area (Å²) in [6, 6.07) is 5.31. The van der Waals surface area contributed by atoms with Crippen molar-refractivity contribution in [2.75, 3.05) is 0 Å². The predicted molar refractivity (Wildman–Crippen MR) is 58.4 cm³/mol. The number of alkyl halides is 1. The van der Waals surface area contributed by atoms with Crippen LogP contribution in [0, 0.1) is 0 Å². The summed E-state index contributed by atoms with van der Waals surface area (Å²) in [5.41, 5.74) is 1.39. The molecule has 0 atom stereocenters. The molecule has 1 heterocycles.